The first-order valence-electron chi connectivity index (χ1n) is 5.84. The Morgan fingerprint density at radius 2 is 1.84 bits per heavy atom. The van der Waals surface area contributed by atoms with Crippen LogP contribution in [0.3, 0.4) is 0 Å². The minimum atomic E-state index is -1.12. The number of aromatic hydroxyl groups is 1. The fraction of sp³-hybridized carbons (Fsp3) is 0.133. The Labute approximate surface area is 110 Å². The molecule has 4 heteroatoms. The van der Waals surface area contributed by atoms with Crippen LogP contribution in [0.1, 0.15) is 18.4 Å². The molecular weight excluding hydrogens is 244 g/mol. The lowest BCUT2D eigenvalue weighted by Gasteiger charge is -2.14. The molecule has 2 rings (SSSR count). The quantitative estimate of drug-likeness (QED) is 0.909. The molecule has 0 aliphatic heterocycles. The van der Waals surface area contributed by atoms with Gasteiger partial charge in [-0.1, -0.05) is 19.1 Å². The minimum Gasteiger partial charge on any atom is -0.550 e. The lowest BCUT2D eigenvalue weighted by molar-refractivity contribution is -0.307. The van der Waals surface area contributed by atoms with Crippen LogP contribution in [0.2, 0.25) is 0 Å². The van der Waals surface area contributed by atoms with Gasteiger partial charge in [0, 0.05) is 11.9 Å². The van der Waals surface area contributed by atoms with Gasteiger partial charge in [0.05, 0.1) is 0 Å². The molecule has 0 aliphatic rings. The van der Waals surface area contributed by atoms with Gasteiger partial charge in [-0.15, -0.1) is 0 Å². The molecule has 0 heterocycles. The average molecular weight is 257 g/mol. The van der Waals surface area contributed by atoms with Gasteiger partial charge in [0.1, 0.15) is 17.2 Å². The first-order valence-corrected chi connectivity index (χ1v) is 5.84. The highest BCUT2D eigenvalue weighted by Gasteiger charge is 2.07. The van der Waals surface area contributed by atoms with Crippen LogP contribution < -0.4 is 9.84 Å². The molecule has 0 saturated heterocycles. The molecule has 1 N–H and O–H groups in total. The van der Waals surface area contributed by atoms with Gasteiger partial charge < -0.3 is 19.7 Å². The molecule has 19 heavy (non-hydrogen) atoms. The smallest absolute Gasteiger partial charge is 0.127 e. The molecule has 2 aromatic carbocycles. The van der Waals surface area contributed by atoms with E-state index in [4.69, 9.17) is 4.74 Å². The Kier molecular flexibility index (Phi) is 3.71. The van der Waals surface area contributed by atoms with Crippen molar-refractivity contribution < 1.29 is 19.7 Å². The zero-order valence-corrected chi connectivity index (χ0v) is 10.4. The lowest BCUT2D eigenvalue weighted by Crippen LogP contribution is -2.27. The number of hydrogen-bond acceptors (Lipinski definition) is 4. The van der Waals surface area contributed by atoms with E-state index in [0.717, 1.165) is 0 Å². The third kappa shape index (κ3) is 3.25. The fourth-order valence-electron chi connectivity index (χ4n) is 1.63. The van der Waals surface area contributed by atoms with E-state index in [1.165, 1.54) is 12.1 Å². The van der Waals surface area contributed by atoms with Crippen LogP contribution in [-0.4, -0.2) is 11.1 Å². The Morgan fingerprint density at radius 1 is 1.16 bits per heavy atom. The lowest BCUT2D eigenvalue weighted by atomic mass is 10.0. The van der Waals surface area contributed by atoms with E-state index < -0.39 is 11.9 Å². The van der Waals surface area contributed by atoms with Gasteiger partial charge >= 0.3 is 0 Å². The highest BCUT2D eigenvalue weighted by Crippen LogP contribution is 2.26. The topological polar surface area (TPSA) is 69.6 Å². The number of phenolic OH excluding ortho intramolecular Hbond substituents is 1. The molecule has 0 fully saturated rings. The van der Waals surface area contributed by atoms with E-state index in [1.807, 2.05) is 0 Å². The summed E-state index contributed by atoms with van der Waals surface area (Å²) in [6.45, 7) is 1.56. The third-order valence-corrected chi connectivity index (χ3v) is 2.78. The summed E-state index contributed by atoms with van der Waals surface area (Å²) in [4.78, 5) is 10.8. The summed E-state index contributed by atoms with van der Waals surface area (Å²) in [6.07, 6.45) is 0. The number of ether oxygens (including phenoxy) is 1. The maximum atomic E-state index is 10.8. The second-order valence-electron chi connectivity index (χ2n) is 4.21. The SMILES string of the molecule is CC(C(=O)[O-])c1cccc(Oc2ccc(O)cc2)c1. The standard InChI is InChI=1S/C15H14O4/c1-10(15(17)18)11-3-2-4-14(9-11)19-13-7-5-12(16)6-8-13/h2-10,16H,1H3,(H,17,18)/p-1. The predicted octanol–water partition coefficient (Wildman–Crippen LogP) is 2.04. The number of phenols is 1. The highest BCUT2D eigenvalue weighted by atomic mass is 16.5. The van der Waals surface area contributed by atoms with Gasteiger partial charge in [-0.05, 0) is 42.0 Å². The summed E-state index contributed by atoms with van der Waals surface area (Å²) in [5, 5.41) is 20.0. The second kappa shape index (κ2) is 5.44. The van der Waals surface area contributed by atoms with E-state index in [1.54, 1.807) is 43.3 Å². The van der Waals surface area contributed by atoms with Gasteiger partial charge in [-0.3, -0.25) is 0 Å². The molecule has 98 valence electrons. The molecule has 0 radical (unpaired) electrons. The van der Waals surface area contributed by atoms with Gasteiger partial charge in [-0.2, -0.15) is 0 Å². The summed E-state index contributed by atoms with van der Waals surface area (Å²) in [7, 11) is 0. The van der Waals surface area contributed by atoms with Crippen LogP contribution in [0.4, 0.5) is 0 Å². The zero-order chi connectivity index (χ0) is 13.8. The Bertz CT molecular complexity index is 575. The number of carbonyl (C=O) groups is 1. The van der Waals surface area contributed by atoms with Crippen LogP contribution in [-0.2, 0) is 4.79 Å². The molecule has 1 unspecified atom stereocenters. The molecule has 2 aromatic rings. The van der Waals surface area contributed by atoms with Crippen LogP contribution >= 0.6 is 0 Å². The number of aliphatic carboxylic acids is 1. The van der Waals surface area contributed by atoms with Gasteiger partial charge in [0.2, 0.25) is 0 Å². The number of benzene rings is 2. The third-order valence-electron chi connectivity index (χ3n) is 2.78. The second-order valence-corrected chi connectivity index (χ2v) is 4.21. The molecular formula is C15H13O4-. The summed E-state index contributed by atoms with van der Waals surface area (Å²) in [5.74, 6) is -0.552. The molecule has 0 aliphatic carbocycles. The number of carboxylic acid groups (broad SMARTS) is 1. The first kappa shape index (κ1) is 13.0. The van der Waals surface area contributed by atoms with Gasteiger partial charge in [-0.25, -0.2) is 0 Å². The molecule has 4 nitrogen and oxygen atoms in total. The summed E-state index contributed by atoms with van der Waals surface area (Å²) >= 11 is 0. The van der Waals surface area contributed by atoms with E-state index in [-0.39, 0.29) is 5.75 Å². The van der Waals surface area contributed by atoms with E-state index in [9.17, 15) is 15.0 Å². The summed E-state index contributed by atoms with van der Waals surface area (Å²) in [5.41, 5.74) is 0.622. The molecule has 0 bridgehead atoms. The van der Waals surface area contributed by atoms with Crippen molar-refractivity contribution in [2.75, 3.05) is 0 Å². The number of rotatable bonds is 4. The van der Waals surface area contributed by atoms with E-state index >= 15 is 0 Å². The van der Waals surface area contributed by atoms with Crippen molar-refractivity contribution in [3.05, 3.63) is 54.1 Å². The largest absolute Gasteiger partial charge is 0.550 e. The van der Waals surface area contributed by atoms with Crippen LogP contribution in [0.5, 0.6) is 17.2 Å². The van der Waals surface area contributed by atoms with Crippen molar-refractivity contribution in [2.45, 2.75) is 12.8 Å². The zero-order valence-electron chi connectivity index (χ0n) is 10.4. The number of hydrogen-bond donors (Lipinski definition) is 1. The molecule has 0 saturated carbocycles. The molecule has 1 atom stereocenters. The first-order chi connectivity index (χ1) is 9.06. The average Bonchev–Trinajstić information content (AvgIpc) is 2.41. The fourth-order valence-corrected chi connectivity index (χ4v) is 1.63. The Morgan fingerprint density at radius 3 is 2.47 bits per heavy atom. The van der Waals surface area contributed by atoms with Crippen molar-refractivity contribution in [2.24, 2.45) is 0 Å². The molecule has 0 amide bonds. The normalized spacial score (nSPS) is 11.8. The Hall–Kier alpha value is -2.49. The number of carboxylic acids is 1. The summed E-state index contributed by atoms with van der Waals surface area (Å²) < 4.78 is 5.58. The van der Waals surface area contributed by atoms with Crippen LogP contribution in [0.25, 0.3) is 0 Å². The Balaban J connectivity index is 2.19. The highest BCUT2D eigenvalue weighted by molar-refractivity contribution is 5.73. The predicted molar refractivity (Wildman–Crippen MR) is 68.0 cm³/mol. The maximum Gasteiger partial charge on any atom is 0.127 e. The summed E-state index contributed by atoms with van der Waals surface area (Å²) in [6, 6.07) is 13.1. The van der Waals surface area contributed by atoms with Crippen molar-refractivity contribution in [3.63, 3.8) is 0 Å². The van der Waals surface area contributed by atoms with Gasteiger partial charge in [0.15, 0.2) is 0 Å². The van der Waals surface area contributed by atoms with E-state index in [0.29, 0.717) is 17.1 Å². The van der Waals surface area contributed by atoms with Crippen molar-refractivity contribution >= 4 is 5.97 Å². The van der Waals surface area contributed by atoms with Crippen molar-refractivity contribution in [1.29, 1.82) is 0 Å². The molecule has 0 spiro atoms. The van der Waals surface area contributed by atoms with E-state index in [2.05, 4.69) is 0 Å². The number of carbonyl (C=O) groups excluding carboxylic acids is 1. The van der Waals surface area contributed by atoms with Gasteiger partial charge in [0.25, 0.3) is 0 Å². The monoisotopic (exact) mass is 257 g/mol. The van der Waals surface area contributed by atoms with Crippen LogP contribution in [0.15, 0.2) is 48.5 Å². The van der Waals surface area contributed by atoms with Crippen molar-refractivity contribution in [3.8, 4) is 17.2 Å². The van der Waals surface area contributed by atoms with Crippen LogP contribution in [0, 0.1) is 0 Å². The van der Waals surface area contributed by atoms with Crippen molar-refractivity contribution in [1.82, 2.24) is 0 Å². The minimum absolute atomic E-state index is 0.159. The molecule has 0 aromatic heterocycles. The maximum absolute atomic E-state index is 10.8.